The molecule has 3 aromatic rings. The summed E-state index contributed by atoms with van der Waals surface area (Å²) in [5.74, 6) is -3.56. The third-order valence-electron chi connectivity index (χ3n) is 3.58. The van der Waals surface area contributed by atoms with Crippen molar-refractivity contribution >= 4 is 40.5 Å². The predicted octanol–water partition coefficient (Wildman–Crippen LogP) is 4.07. The molecule has 1 heterocycles. The Morgan fingerprint density at radius 3 is 2.34 bits per heavy atom. The standard InChI is InChI=1S/C20H14F2N2O4S/c21-13-8-14(22)10-16(9-13)23-18(25)11-28-20(27)12-3-1-4-15(7-12)24-19(26)17-5-2-6-29-17/h1-10H,11H2,(H,23,25)(H,24,26). The van der Waals surface area contributed by atoms with Crippen LogP contribution in [0.2, 0.25) is 0 Å². The van der Waals surface area contributed by atoms with Gasteiger partial charge in [-0.3, -0.25) is 9.59 Å². The molecule has 3 rings (SSSR count). The SMILES string of the molecule is O=C(COC(=O)c1cccc(NC(=O)c2cccs2)c1)Nc1cc(F)cc(F)c1. The fraction of sp³-hybridized carbons (Fsp3) is 0.0500. The Kier molecular flexibility index (Phi) is 6.30. The summed E-state index contributed by atoms with van der Waals surface area (Å²) >= 11 is 1.28. The molecule has 0 unspecified atom stereocenters. The smallest absolute Gasteiger partial charge is 0.338 e. The number of hydrogen-bond acceptors (Lipinski definition) is 5. The summed E-state index contributed by atoms with van der Waals surface area (Å²) in [4.78, 5) is 36.6. The van der Waals surface area contributed by atoms with Gasteiger partial charge >= 0.3 is 5.97 Å². The Balaban J connectivity index is 1.56. The Morgan fingerprint density at radius 1 is 0.897 bits per heavy atom. The lowest BCUT2D eigenvalue weighted by molar-refractivity contribution is -0.119. The summed E-state index contributed by atoms with van der Waals surface area (Å²) in [6, 6.07) is 12.0. The summed E-state index contributed by atoms with van der Waals surface area (Å²) in [7, 11) is 0. The van der Waals surface area contributed by atoms with E-state index in [4.69, 9.17) is 4.74 Å². The molecule has 9 heteroatoms. The second kappa shape index (κ2) is 9.07. The third-order valence-corrected chi connectivity index (χ3v) is 4.45. The minimum Gasteiger partial charge on any atom is -0.452 e. The maximum atomic E-state index is 13.1. The van der Waals surface area contributed by atoms with Gasteiger partial charge in [-0.15, -0.1) is 11.3 Å². The van der Waals surface area contributed by atoms with E-state index in [0.717, 1.165) is 12.1 Å². The summed E-state index contributed by atoms with van der Waals surface area (Å²) < 4.78 is 31.2. The van der Waals surface area contributed by atoms with Crippen molar-refractivity contribution in [3.05, 3.63) is 82.1 Å². The Labute approximate surface area is 168 Å². The van der Waals surface area contributed by atoms with Gasteiger partial charge in [0.1, 0.15) is 11.6 Å². The molecule has 0 aliphatic carbocycles. The average Bonchev–Trinajstić information content (AvgIpc) is 3.20. The quantitative estimate of drug-likeness (QED) is 0.593. The first-order chi connectivity index (χ1) is 13.9. The molecule has 0 aliphatic heterocycles. The third kappa shape index (κ3) is 5.69. The lowest BCUT2D eigenvalue weighted by atomic mass is 10.2. The highest BCUT2D eigenvalue weighted by Crippen LogP contribution is 2.16. The molecule has 2 aromatic carbocycles. The predicted molar refractivity (Wildman–Crippen MR) is 104 cm³/mol. The van der Waals surface area contributed by atoms with Crippen LogP contribution in [0, 0.1) is 11.6 Å². The number of anilines is 2. The summed E-state index contributed by atoms with van der Waals surface area (Å²) in [6.45, 7) is -0.650. The molecule has 0 spiro atoms. The van der Waals surface area contributed by atoms with Gasteiger partial charge in [-0.05, 0) is 41.8 Å². The molecule has 148 valence electrons. The van der Waals surface area contributed by atoms with Gasteiger partial charge in [-0.25, -0.2) is 13.6 Å². The van der Waals surface area contributed by atoms with Crippen LogP contribution in [0.3, 0.4) is 0 Å². The van der Waals surface area contributed by atoms with Gasteiger partial charge in [0.25, 0.3) is 11.8 Å². The number of ether oxygens (including phenoxy) is 1. The zero-order chi connectivity index (χ0) is 20.8. The Hall–Kier alpha value is -3.59. The van der Waals surface area contributed by atoms with Crippen LogP contribution in [-0.2, 0) is 9.53 Å². The van der Waals surface area contributed by atoms with Crippen molar-refractivity contribution in [2.24, 2.45) is 0 Å². The van der Waals surface area contributed by atoms with Crippen molar-refractivity contribution < 1.29 is 27.9 Å². The second-order valence-corrected chi connectivity index (χ2v) is 6.74. The van der Waals surface area contributed by atoms with E-state index >= 15 is 0 Å². The van der Waals surface area contributed by atoms with Crippen molar-refractivity contribution in [3.8, 4) is 0 Å². The average molecular weight is 416 g/mol. The van der Waals surface area contributed by atoms with E-state index in [-0.39, 0.29) is 17.2 Å². The number of nitrogens with one attached hydrogen (secondary N) is 2. The number of hydrogen-bond donors (Lipinski definition) is 2. The van der Waals surface area contributed by atoms with Crippen LogP contribution >= 0.6 is 11.3 Å². The van der Waals surface area contributed by atoms with Gasteiger partial charge in [-0.2, -0.15) is 0 Å². The number of rotatable bonds is 6. The Morgan fingerprint density at radius 2 is 1.66 bits per heavy atom. The molecule has 2 amide bonds. The fourth-order valence-corrected chi connectivity index (χ4v) is 2.98. The highest BCUT2D eigenvalue weighted by molar-refractivity contribution is 7.12. The molecular formula is C20H14F2N2O4S. The number of carbonyl (C=O) groups is 3. The molecule has 0 aliphatic rings. The molecule has 0 radical (unpaired) electrons. The van der Waals surface area contributed by atoms with Gasteiger partial charge in [0.2, 0.25) is 0 Å². The minimum atomic E-state index is -0.848. The molecule has 0 atom stereocenters. The monoisotopic (exact) mass is 416 g/mol. The lowest BCUT2D eigenvalue weighted by Gasteiger charge is -2.08. The largest absolute Gasteiger partial charge is 0.452 e. The number of thiophene rings is 1. The first kappa shape index (κ1) is 20.2. The first-order valence-electron chi connectivity index (χ1n) is 8.29. The van der Waals surface area contributed by atoms with Gasteiger partial charge in [0.15, 0.2) is 6.61 Å². The molecule has 0 bridgehead atoms. The molecule has 0 saturated heterocycles. The van der Waals surface area contributed by atoms with Gasteiger partial charge in [0, 0.05) is 17.4 Å². The second-order valence-electron chi connectivity index (χ2n) is 5.79. The number of halogens is 2. The highest BCUT2D eigenvalue weighted by atomic mass is 32.1. The van der Waals surface area contributed by atoms with Crippen LogP contribution in [0.25, 0.3) is 0 Å². The zero-order valence-electron chi connectivity index (χ0n) is 14.8. The summed E-state index contributed by atoms with van der Waals surface area (Å²) in [5.41, 5.74) is 0.415. The van der Waals surface area contributed by atoms with Gasteiger partial charge in [0.05, 0.1) is 10.4 Å². The molecule has 2 N–H and O–H groups in total. The lowest BCUT2D eigenvalue weighted by Crippen LogP contribution is -2.21. The van der Waals surface area contributed by atoms with Crippen molar-refractivity contribution in [1.29, 1.82) is 0 Å². The van der Waals surface area contributed by atoms with Crippen LogP contribution in [-0.4, -0.2) is 24.4 Å². The van der Waals surface area contributed by atoms with Crippen LogP contribution in [0.4, 0.5) is 20.2 Å². The van der Waals surface area contributed by atoms with E-state index in [0.29, 0.717) is 16.6 Å². The van der Waals surface area contributed by atoms with E-state index in [2.05, 4.69) is 10.6 Å². The topological polar surface area (TPSA) is 84.5 Å². The number of amides is 2. The van der Waals surface area contributed by atoms with Gasteiger partial charge < -0.3 is 15.4 Å². The van der Waals surface area contributed by atoms with Crippen molar-refractivity contribution in [1.82, 2.24) is 0 Å². The molecule has 1 aromatic heterocycles. The van der Waals surface area contributed by atoms with Crippen LogP contribution < -0.4 is 10.6 Å². The maximum Gasteiger partial charge on any atom is 0.338 e. The number of carbonyl (C=O) groups excluding carboxylic acids is 3. The van der Waals surface area contributed by atoms with E-state index in [9.17, 15) is 23.2 Å². The zero-order valence-corrected chi connectivity index (χ0v) is 15.6. The van der Waals surface area contributed by atoms with Crippen LogP contribution in [0.5, 0.6) is 0 Å². The summed E-state index contributed by atoms with van der Waals surface area (Å²) in [5, 5.41) is 6.66. The fourth-order valence-electron chi connectivity index (χ4n) is 2.36. The van der Waals surface area contributed by atoms with Crippen LogP contribution in [0.15, 0.2) is 60.0 Å². The number of benzene rings is 2. The van der Waals surface area contributed by atoms with Crippen molar-refractivity contribution in [2.45, 2.75) is 0 Å². The van der Waals surface area contributed by atoms with Gasteiger partial charge in [-0.1, -0.05) is 12.1 Å². The molecule has 0 fully saturated rings. The van der Waals surface area contributed by atoms with E-state index in [1.165, 1.54) is 23.5 Å². The van der Waals surface area contributed by atoms with Crippen molar-refractivity contribution in [3.63, 3.8) is 0 Å². The molecule has 0 saturated carbocycles. The Bertz CT molecular complexity index is 1030. The van der Waals surface area contributed by atoms with E-state index in [1.54, 1.807) is 29.6 Å². The van der Waals surface area contributed by atoms with E-state index < -0.39 is 30.1 Å². The minimum absolute atomic E-state index is 0.0955. The highest BCUT2D eigenvalue weighted by Gasteiger charge is 2.13. The molecule has 29 heavy (non-hydrogen) atoms. The first-order valence-corrected chi connectivity index (χ1v) is 9.16. The van der Waals surface area contributed by atoms with Crippen LogP contribution in [0.1, 0.15) is 20.0 Å². The molecule has 6 nitrogen and oxygen atoms in total. The maximum absolute atomic E-state index is 13.1. The van der Waals surface area contributed by atoms with Crippen molar-refractivity contribution in [2.75, 3.05) is 17.2 Å². The molecular weight excluding hydrogens is 402 g/mol. The van der Waals surface area contributed by atoms with E-state index in [1.807, 2.05) is 0 Å². The number of esters is 1. The normalized spacial score (nSPS) is 10.3. The summed E-state index contributed by atoms with van der Waals surface area (Å²) in [6.07, 6.45) is 0.